The van der Waals surface area contributed by atoms with Gasteiger partial charge in [-0.1, -0.05) is 35.0 Å². The maximum Gasteiger partial charge on any atom is 0.217 e. The van der Waals surface area contributed by atoms with E-state index in [0.717, 1.165) is 30.4 Å². The summed E-state index contributed by atoms with van der Waals surface area (Å²) in [5.74, 6) is 0.0434. The Labute approximate surface area is 135 Å². The average Bonchev–Trinajstić information content (AvgIpc) is 2.88. The van der Waals surface area contributed by atoms with Crippen LogP contribution in [0.5, 0.6) is 0 Å². The lowest BCUT2D eigenvalue weighted by Gasteiger charge is -2.32. The summed E-state index contributed by atoms with van der Waals surface area (Å²) in [6, 6.07) is 8.94. The number of halogens is 1. The summed E-state index contributed by atoms with van der Waals surface area (Å²) >= 11 is 3.48. The summed E-state index contributed by atoms with van der Waals surface area (Å²) in [6.07, 6.45) is 1.92. The Hall–Kier alpha value is -0.910. The highest BCUT2D eigenvalue weighted by Crippen LogP contribution is 2.29. The number of carbonyl (C=O) groups is 1. The van der Waals surface area contributed by atoms with Crippen LogP contribution in [-0.2, 0) is 4.79 Å². The third-order valence-corrected chi connectivity index (χ3v) is 4.64. The van der Waals surface area contributed by atoms with Gasteiger partial charge in [0.15, 0.2) is 0 Å². The lowest BCUT2D eigenvalue weighted by atomic mass is 9.96. The molecule has 0 aliphatic carbocycles. The van der Waals surface area contributed by atoms with Crippen LogP contribution in [0.1, 0.15) is 38.3 Å². The van der Waals surface area contributed by atoms with Crippen LogP contribution in [0.25, 0.3) is 0 Å². The molecule has 5 heteroatoms. The van der Waals surface area contributed by atoms with Crippen molar-refractivity contribution in [1.82, 2.24) is 10.2 Å². The number of amides is 1. The van der Waals surface area contributed by atoms with E-state index in [4.69, 9.17) is 5.73 Å². The van der Waals surface area contributed by atoms with Crippen LogP contribution in [0.15, 0.2) is 28.7 Å². The van der Waals surface area contributed by atoms with Gasteiger partial charge in [0.2, 0.25) is 5.91 Å². The Morgan fingerprint density at radius 3 is 2.71 bits per heavy atom. The quantitative estimate of drug-likeness (QED) is 0.854. The molecule has 3 atom stereocenters. The van der Waals surface area contributed by atoms with Crippen molar-refractivity contribution in [1.29, 1.82) is 0 Å². The van der Waals surface area contributed by atoms with Gasteiger partial charge in [-0.25, -0.2) is 0 Å². The zero-order valence-electron chi connectivity index (χ0n) is 12.7. The Bertz CT molecular complexity index is 477. The van der Waals surface area contributed by atoms with Crippen molar-refractivity contribution in [3.8, 4) is 0 Å². The number of hydrogen-bond acceptors (Lipinski definition) is 3. The highest BCUT2D eigenvalue weighted by molar-refractivity contribution is 9.10. The van der Waals surface area contributed by atoms with E-state index in [-0.39, 0.29) is 24.0 Å². The van der Waals surface area contributed by atoms with Crippen LogP contribution >= 0.6 is 15.9 Å². The number of likely N-dealkylation sites (tertiary alicyclic amines) is 1. The first-order chi connectivity index (χ1) is 10.0. The Morgan fingerprint density at radius 1 is 1.48 bits per heavy atom. The third-order valence-electron chi connectivity index (χ3n) is 4.11. The van der Waals surface area contributed by atoms with Gasteiger partial charge in [-0.2, -0.15) is 0 Å². The summed E-state index contributed by atoms with van der Waals surface area (Å²) < 4.78 is 1.08. The molecule has 21 heavy (non-hydrogen) atoms. The second-order valence-electron chi connectivity index (χ2n) is 5.75. The zero-order valence-corrected chi connectivity index (χ0v) is 14.3. The molecule has 2 rings (SSSR count). The first-order valence-electron chi connectivity index (χ1n) is 7.53. The van der Waals surface area contributed by atoms with Crippen LogP contribution in [0, 0.1) is 0 Å². The minimum atomic E-state index is 0.0434. The molecule has 116 valence electrons. The standard InChI is InChI=1S/C16H24BrN3O/c1-3-15(18)16(12-4-6-13(17)7-5-12)20-9-8-14(10-20)19-11(2)21/h4-7,14-16H,3,8-10,18H2,1-2H3,(H,19,21). The predicted molar refractivity (Wildman–Crippen MR) is 88.9 cm³/mol. The fourth-order valence-corrected chi connectivity index (χ4v) is 3.32. The van der Waals surface area contributed by atoms with Crippen molar-refractivity contribution in [2.75, 3.05) is 13.1 Å². The summed E-state index contributed by atoms with van der Waals surface area (Å²) in [4.78, 5) is 13.6. The van der Waals surface area contributed by atoms with E-state index >= 15 is 0 Å². The molecule has 1 heterocycles. The minimum Gasteiger partial charge on any atom is -0.352 e. The van der Waals surface area contributed by atoms with Gasteiger partial charge in [-0.05, 0) is 30.5 Å². The van der Waals surface area contributed by atoms with E-state index in [1.807, 2.05) is 0 Å². The SMILES string of the molecule is CCC(N)C(c1ccc(Br)cc1)N1CCC(NC(C)=O)C1. The van der Waals surface area contributed by atoms with Gasteiger partial charge in [0.1, 0.15) is 0 Å². The third kappa shape index (κ3) is 4.28. The zero-order chi connectivity index (χ0) is 15.4. The summed E-state index contributed by atoms with van der Waals surface area (Å²) in [6.45, 7) is 5.54. The largest absolute Gasteiger partial charge is 0.352 e. The highest BCUT2D eigenvalue weighted by Gasteiger charge is 2.32. The van der Waals surface area contributed by atoms with Crippen molar-refractivity contribution < 1.29 is 4.79 Å². The molecule has 3 unspecified atom stereocenters. The van der Waals surface area contributed by atoms with E-state index in [1.165, 1.54) is 5.56 Å². The van der Waals surface area contributed by atoms with Crippen LogP contribution in [0.3, 0.4) is 0 Å². The second kappa shape index (κ2) is 7.38. The molecule has 0 saturated carbocycles. The Morgan fingerprint density at radius 2 is 2.14 bits per heavy atom. The van der Waals surface area contributed by atoms with Gasteiger partial charge in [-0.15, -0.1) is 0 Å². The van der Waals surface area contributed by atoms with Gasteiger partial charge in [0, 0.05) is 42.6 Å². The molecule has 1 aromatic carbocycles. The Balaban J connectivity index is 2.14. The van der Waals surface area contributed by atoms with E-state index in [9.17, 15) is 4.79 Å². The molecule has 0 aromatic heterocycles. The fourth-order valence-electron chi connectivity index (χ4n) is 3.06. The molecule has 1 aliphatic rings. The summed E-state index contributed by atoms with van der Waals surface area (Å²) in [7, 11) is 0. The topological polar surface area (TPSA) is 58.4 Å². The van der Waals surface area contributed by atoms with E-state index in [2.05, 4.69) is 57.3 Å². The van der Waals surface area contributed by atoms with Crippen molar-refractivity contribution in [2.45, 2.75) is 44.8 Å². The molecule has 0 radical (unpaired) electrons. The number of nitrogens with zero attached hydrogens (tertiary/aromatic N) is 1. The van der Waals surface area contributed by atoms with E-state index < -0.39 is 0 Å². The summed E-state index contributed by atoms with van der Waals surface area (Å²) in [5, 5.41) is 3.02. The van der Waals surface area contributed by atoms with Gasteiger partial charge < -0.3 is 11.1 Å². The lowest BCUT2D eigenvalue weighted by Crippen LogP contribution is -2.42. The number of carbonyl (C=O) groups excluding carboxylic acids is 1. The first-order valence-corrected chi connectivity index (χ1v) is 8.32. The highest BCUT2D eigenvalue weighted by atomic mass is 79.9. The first kappa shape index (κ1) is 16.5. The van der Waals surface area contributed by atoms with Crippen molar-refractivity contribution >= 4 is 21.8 Å². The minimum absolute atomic E-state index is 0.0434. The van der Waals surface area contributed by atoms with Crippen molar-refractivity contribution in [3.05, 3.63) is 34.3 Å². The molecule has 1 aliphatic heterocycles. The van der Waals surface area contributed by atoms with Crippen LogP contribution in [0.2, 0.25) is 0 Å². The fraction of sp³-hybridized carbons (Fsp3) is 0.562. The number of benzene rings is 1. The van der Waals surface area contributed by atoms with E-state index in [1.54, 1.807) is 6.92 Å². The lowest BCUT2D eigenvalue weighted by molar-refractivity contribution is -0.119. The predicted octanol–water partition coefficient (Wildman–Crippen LogP) is 2.44. The maximum absolute atomic E-state index is 11.2. The molecule has 1 aromatic rings. The monoisotopic (exact) mass is 353 g/mol. The van der Waals surface area contributed by atoms with Crippen molar-refractivity contribution in [3.63, 3.8) is 0 Å². The molecule has 1 amide bonds. The van der Waals surface area contributed by atoms with Gasteiger partial charge in [0.05, 0.1) is 0 Å². The molecule has 1 saturated heterocycles. The molecular formula is C16H24BrN3O. The van der Waals surface area contributed by atoms with Gasteiger partial charge in [-0.3, -0.25) is 9.69 Å². The maximum atomic E-state index is 11.2. The van der Waals surface area contributed by atoms with Crippen LogP contribution in [0.4, 0.5) is 0 Å². The summed E-state index contributed by atoms with van der Waals surface area (Å²) in [5.41, 5.74) is 7.62. The van der Waals surface area contributed by atoms with Crippen LogP contribution < -0.4 is 11.1 Å². The smallest absolute Gasteiger partial charge is 0.217 e. The van der Waals surface area contributed by atoms with E-state index in [0.29, 0.717) is 0 Å². The van der Waals surface area contributed by atoms with Crippen molar-refractivity contribution in [2.24, 2.45) is 5.73 Å². The Kier molecular flexibility index (Phi) is 5.79. The molecule has 4 nitrogen and oxygen atoms in total. The molecule has 0 bridgehead atoms. The number of nitrogens with one attached hydrogen (secondary N) is 1. The molecule has 0 spiro atoms. The van der Waals surface area contributed by atoms with Gasteiger partial charge in [0.25, 0.3) is 0 Å². The number of nitrogens with two attached hydrogens (primary N) is 1. The normalized spacial score (nSPS) is 22.0. The molecule has 3 N–H and O–H groups in total. The molecule has 1 fully saturated rings. The number of hydrogen-bond donors (Lipinski definition) is 2. The van der Waals surface area contributed by atoms with Crippen LogP contribution in [-0.4, -0.2) is 36.0 Å². The number of rotatable bonds is 5. The average molecular weight is 354 g/mol. The molecular weight excluding hydrogens is 330 g/mol. The van der Waals surface area contributed by atoms with Gasteiger partial charge >= 0.3 is 0 Å². The second-order valence-corrected chi connectivity index (χ2v) is 6.67.